The fourth-order valence-electron chi connectivity index (χ4n) is 1.75. The first kappa shape index (κ1) is 13.6. The van der Waals surface area contributed by atoms with Crippen LogP contribution < -0.4 is 8.83 Å². The van der Waals surface area contributed by atoms with E-state index in [1.807, 2.05) is 35.1 Å². The van der Waals surface area contributed by atoms with Crippen molar-refractivity contribution in [2.75, 3.05) is 0 Å². The van der Waals surface area contributed by atoms with Crippen LogP contribution in [0.5, 0.6) is 0 Å². The van der Waals surface area contributed by atoms with Gasteiger partial charge in [0.2, 0.25) is 0 Å². The first-order valence-corrected chi connectivity index (χ1v) is 8.63. The van der Waals surface area contributed by atoms with Gasteiger partial charge in [-0.2, -0.15) is 0 Å². The van der Waals surface area contributed by atoms with Crippen LogP contribution >= 0.6 is 23.2 Å². The monoisotopic (exact) mass is 366 g/mol. The molecule has 3 rings (SSSR count). The molecule has 0 amide bonds. The van der Waals surface area contributed by atoms with Crippen molar-refractivity contribution in [2.24, 2.45) is 0 Å². The van der Waals surface area contributed by atoms with E-state index in [9.17, 15) is 0 Å². The van der Waals surface area contributed by atoms with E-state index in [2.05, 4.69) is 21.1 Å². The number of hydrogen-bond donors (Lipinski definition) is 0. The number of benzene rings is 1. The van der Waals surface area contributed by atoms with Crippen molar-refractivity contribution >= 4 is 47.8 Å². The molecular weight excluding hydrogens is 358 g/mol. The van der Waals surface area contributed by atoms with Crippen molar-refractivity contribution < 1.29 is 0 Å². The third-order valence-electron chi connectivity index (χ3n) is 2.62. The summed E-state index contributed by atoms with van der Waals surface area (Å²) < 4.78 is 3.86. The summed E-state index contributed by atoms with van der Waals surface area (Å²) in [6, 6.07) is 9.99. The summed E-state index contributed by atoms with van der Waals surface area (Å²) in [6.07, 6.45) is 5.22. The van der Waals surface area contributed by atoms with Gasteiger partial charge >= 0.3 is 132 Å². The van der Waals surface area contributed by atoms with Gasteiger partial charge in [0, 0.05) is 0 Å². The molecule has 7 heteroatoms. The molecule has 100 valence electrons. The molecule has 2 heterocycles. The van der Waals surface area contributed by atoms with Crippen LogP contribution in [0.25, 0.3) is 5.69 Å². The van der Waals surface area contributed by atoms with Crippen LogP contribution in [-0.4, -0.2) is 35.5 Å². The average Bonchev–Trinajstić information content (AvgIpc) is 2.97. The van der Waals surface area contributed by atoms with Crippen LogP contribution in [0.3, 0.4) is 0 Å². The van der Waals surface area contributed by atoms with Gasteiger partial charge in [0.15, 0.2) is 0 Å². The van der Waals surface area contributed by atoms with Gasteiger partial charge in [-0.3, -0.25) is 0 Å². The zero-order valence-corrected chi connectivity index (χ0v) is 13.8. The average molecular weight is 367 g/mol. The molecule has 0 saturated carbocycles. The molecule has 0 aliphatic rings. The molecule has 1 unspecified atom stereocenters. The fourth-order valence-corrected chi connectivity index (χ4v) is 4.69. The van der Waals surface area contributed by atoms with E-state index in [0.29, 0.717) is 5.02 Å². The minimum atomic E-state index is -0.721. The van der Waals surface area contributed by atoms with Crippen molar-refractivity contribution in [2.45, 2.75) is 0 Å². The second kappa shape index (κ2) is 5.96. The Morgan fingerprint density at radius 3 is 2.75 bits per heavy atom. The predicted molar refractivity (Wildman–Crippen MR) is 82.0 cm³/mol. The molecule has 0 spiro atoms. The topological polar surface area (TPSA) is 43.6 Å². The molecule has 0 fully saturated rings. The van der Waals surface area contributed by atoms with Crippen molar-refractivity contribution in [3.8, 4) is 5.69 Å². The minimum absolute atomic E-state index is 0.227. The molecule has 0 bridgehead atoms. The molecule has 0 aliphatic carbocycles. The van der Waals surface area contributed by atoms with Crippen LogP contribution in [0.15, 0.2) is 48.9 Å². The van der Waals surface area contributed by atoms with Gasteiger partial charge in [-0.25, -0.2) is 0 Å². The summed E-state index contributed by atoms with van der Waals surface area (Å²) in [7, 11) is 0. The van der Waals surface area contributed by atoms with E-state index in [0.717, 1.165) is 10.2 Å². The van der Waals surface area contributed by atoms with Crippen molar-refractivity contribution in [1.29, 1.82) is 0 Å². The molecule has 0 aliphatic heterocycles. The summed E-state index contributed by atoms with van der Waals surface area (Å²) in [6.45, 7) is 0. The Balaban J connectivity index is 2.01. The number of rotatable bonds is 3. The van der Waals surface area contributed by atoms with E-state index in [-0.39, 0.29) is 5.28 Å². The Morgan fingerprint density at radius 1 is 1.10 bits per heavy atom. The second-order valence-corrected chi connectivity index (χ2v) is 7.32. The second-order valence-electron chi connectivity index (χ2n) is 3.93. The summed E-state index contributed by atoms with van der Waals surface area (Å²) in [5.74, 6) is 0. The normalized spacial score (nSPS) is 11.3. The molecule has 0 saturated heterocycles. The standard InChI is InChI=1S/C13H9AsCl2N4/c15-10-8-17-13(16)19-12(10)14-9-4-1-2-5-11(9)20-7-3-6-18-20/h1-8,14H. The number of halogens is 2. The maximum atomic E-state index is 6.15. The van der Waals surface area contributed by atoms with E-state index >= 15 is 0 Å². The predicted octanol–water partition coefficient (Wildman–Crippen LogP) is 1.36. The van der Waals surface area contributed by atoms with Crippen LogP contribution in [0.1, 0.15) is 0 Å². The van der Waals surface area contributed by atoms with Gasteiger partial charge in [-0.15, -0.1) is 0 Å². The third kappa shape index (κ3) is 2.88. The first-order chi connectivity index (χ1) is 9.74. The Hall–Kier alpha value is -1.35. The SMILES string of the molecule is Clc1ncc(Cl)c([AsH]c2ccccc2-n2cccn2)n1. The molecule has 0 radical (unpaired) electrons. The van der Waals surface area contributed by atoms with Crippen LogP contribution in [-0.2, 0) is 0 Å². The van der Waals surface area contributed by atoms with Gasteiger partial charge in [-0.05, 0) is 0 Å². The summed E-state index contributed by atoms with van der Waals surface area (Å²) >= 11 is 11.3. The Bertz CT molecular complexity index is 731. The van der Waals surface area contributed by atoms with Crippen molar-refractivity contribution in [1.82, 2.24) is 19.7 Å². The number of hydrogen-bond acceptors (Lipinski definition) is 3. The molecule has 4 nitrogen and oxygen atoms in total. The first-order valence-electron chi connectivity index (χ1n) is 5.78. The Morgan fingerprint density at radius 2 is 1.95 bits per heavy atom. The summed E-state index contributed by atoms with van der Waals surface area (Å²) in [5.41, 5.74) is 1.04. The molecule has 1 aromatic carbocycles. The van der Waals surface area contributed by atoms with Gasteiger partial charge in [0.25, 0.3) is 0 Å². The zero-order chi connectivity index (χ0) is 13.9. The van der Waals surface area contributed by atoms with E-state index in [1.54, 1.807) is 12.4 Å². The third-order valence-corrected chi connectivity index (χ3v) is 6.16. The Kier molecular flexibility index (Phi) is 4.06. The molecule has 2 aromatic heterocycles. The van der Waals surface area contributed by atoms with Gasteiger partial charge in [0.05, 0.1) is 0 Å². The molecule has 1 atom stereocenters. The quantitative estimate of drug-likeness (QED) is 0.519. The number of para-hydroxylation sites is 1. The molecular formula is C13H9AsCl2N4. The molecule has 0 N–H and O–H groups in total. The van der Waals surface area contributed by atoms with E-state index < -0.39 is 15.8 Å². The van der Waals surface area contributed by atoms with Crippen molar-refractivity contribution in [3.63, 3.8) is 0 Å². The maximum absolute atomic E-state index is 6.15. The van der Waals surface area contributed by atoms with Crippen LogP contribution in [0.4, 0.5) is 0 Å². The van der Waals surface area contributed by atoms with Gasteiger partial charge in [-0.1, -0.05) is 0 Å². The molecule has 20 heavy (non-hydrogen) atoms. The summed E-state index contributed by atoms with van der Waals surface area (Å²) in [5, 5.41) is 5.06. The van der Waals surface area contributed by atoms with Gasteiger partial charge in [0.1, 0.15) is 0 Å². The zero-order valence-electron chi connectivity index (χ0n) is 10.2. The van der Waals surface area contributed by atoms with Crippen LogP contribution in [0.2, 0.25) is 10.3 Å². The van der Waals surface area contributed by atoms with Crippen molar-refractivity contribution in [3.05, 3.63) is 59.2 Å². The fraction of sp³-hybridized carbons (Fsp3) is 0. The molecule has 3 aromatic rings. The Labute approximate surface area is 132 Å². The number of nitrogens with zero attached hydrogens (tertiary/aromatic N) is 4. The van der Waals surface area contributed by atoms with E-state index in [1.165, 1.54) is 4.35 Å². The summed E-state index contributed by atoms with van der Waals surface area (Å²) in [4.78, 5) is 8.12. The van der Waals surface area contributed by atoms with Gasteiger partial charge < -0.3 is 0 Å². The van der Waals surface area contributed by atoms with E-state index in [4.69, 9.17) is 23.2 Å². The van der Waals surface area contributed by atoms with Crippen LogP contribution in [0, 0.1) is 0 Å². The number of aromatic nitrogens is 4.